The van der Waals surface area contributed by atoms with E-state index in [4.69, 9.17) is 63.3 Å². The molecule has 0 amide bonds. The van der Waals surface area contributed by atoms with Gasteiger partial charge in [0.1, 0.15) is 79.3 Å². The van der Waals surface area contributed by atoms with Crippen molar-refractivity contribution < 1.29 is 84.7 Å². The molecule has 0 radical (unpaired) electrons. The number of nitrogen functional groups attached to an aromatic ring is 3. The Morgan fingerprint density at radius 2 is 1.09 bits per heavy atom. The van der Waals surface area contributed by atoms with Crippen molar-refractivity contribution in [2.45, 2.75) is 106 Å². The number of nitrogens with one attached hydrogen (secondary N) is 2. The van der Waals surface area contributed by atoms with E-state index in [1.165, 1.54) is 42.2 Å². The van der Waals surface area contributed by atoms with Crippen LogP contribution < -0.4 is 45.4 Å². The number of phosphoric ester groups is 3. The van der Waals surface area contributed by atoms with E-state index in [0.29, 0.717) is 0 Å². The minimum atomic E-state index is -5.39. The lowest BCUT2D eigenvalue weighted by atomic mass is 10.2. The van der Waals surface area contributed by atoms with Gasteiger partial charge in [0.05, 0.1) is 38.9 Å². The summed E-state index contributed by atoms with van der Waals surface area (Å²) in [7, 11) is -15.8. The number of H-pyrrole nitrogens is 2. The van der Waals surface area contributed by atoms with Crippen LogP contribution >= 0.6 is 23.5 Å². The summed E-state index contributed by atoms with van der Waals surface area (Å²) in [4.78, 5) is 115. The molecule has 0 aliphatic carbocycles. The number of aromatic nitrogens is 10. The van der Waals surface area contributed by atoms with Gasteiger partial charge in [-0.25, -0.2) is 33.1 Å². The second-order valence-electron chi connectivity index (χ2n) is 17.8. The molecule has 77 heavy (non-hydrogen) atoms. The van der Waals surface area contributed by atoms with Crippen molar-refractivity contribution in [1.29, 1.82) is 0 Å². The molecule has 3 unspecified atom stereocenters. The van der Waals surface area contributed by atoms with Crippen molar-refractivity contribution >= 4 is 52.2 Å². The third-order valence-electron chi connectivity index (χ3n) is 12.5. The summed E-state index contributed by atoms with van der Waals surface area (Å²) in [6.07, 6.45) is -12.9. The molecular formula is C38H50N13O23P3. The molecule has 5 aromatic heterocycles. The zero-order valence-corrected chi connectivity index (χ0v) is 42.5. The molecule has 0 bridgehead atoms. The van der Waals surface area contributed by atoms with Crippen molar-refractivity contribution in [1.82, 2.24) is 48.2 Å². The van der Waals surface area contributed by atoms with Crippen LogP contribution in [-0.4, -0.2) is 148 Å². The van der Waals surface area contributed by atoms with Crippen LogP contribution in [-0.2, 0) is 59.8 Å². The first-order chi connectivity index (χ1) is 36.3. The van der Waals surface area contributed by atoms with E-state index in [2.05, 4.69) is 29.9 Å². The van der Waals surface area contributed by atoms with Crippen molar-refractivity contribution in [3.63, 3.8) is 0 Å². The maximum Gasteiger partial charge on any atom is 0.472 e. The van der Waals surface area contributed by atoms with Gasteiger partial charge in [-0.05, 0) is 19.1 Å². The second kappa shape index (κ2) is 22.2. The zero-order chi connectivity index (χ0) is 55.3. The van der Waals surface area contributed by atoms with Gasteiger partial charge in [-0.2, -0.15) is 15.0 Å². The molecule has 0 aromatic carbocycles. The van der Waals surface area contributed by atoms with Gasteiger partial charge in [0.15, 0.2) is 11.2 Å². The lowest BCUT2D eigenvalue weighted by Crippen LogP contribution is -2.33. The average Bonchev–Trinajstić information content (AvgIpc) is 4.21. The number of aliphatic hydroxyl groups is 2. The number of nitrogens with two attached hydrogens (primary N) is 3. The number of fused-ring (bicyclic) bond motifs is 1. The fraction of sp³-hybridized carbons (Fsp3) is 0.553. The largest absolute Gasteiger partial charge is 0.472 e. The Kier molecular flexibility index (Phi) is 16.1. The van der Waals surface area contributed by atoms with Crippen LogP contribution in [0.5, 0.6) is 0 Å². The Hall–Kier alpha value is -5.72. The van der Waals surface area contributed by atoms with Crippen LogP contribution in [0.15, 0.2) is 61.0 Å². The molecule has 15 atom stereocenters. The highest BCUT2D eigenvalue weighted by molar-refractivity contribution is 7.48. The summed E-state index contributed by atoms with van der Waals surface area (Å²) in [5.74, 6) is -0.536. The highest BCUT2D eigenvalue weighted by Crippen LogP contribution is 2.53. The third kappa shape index (κ3) is 12.8. The van der Waals surface area contributed by atoms with Gasteiger partial charge in [0, 0.05) is 49.8 Å². The number of hydrogen-bond donors (Lipinski definition) is 10. The van der Waals surface area contributed by atoms with Crippen LogP contribution in [0.3, 0.4) is 0 Å². The first kappa shape index (κ1) is 56.0. The number of phosphoric acid groups is 3. The molecule has 4 aliphatic heterocycles. The van der Waals surface area contributed by atoms with E-state index in [9.17, 15) is 62.6 Å². The van der Waals surface area contributed by atoms with Gasteiger partial charge < -0.3 is 61.0 Å². The molecule has 0 spiro atoms. The summed E-state index contributed by atoms with van der Waals surface area (Å²) >= 11 is 0. The number of hydrogen-bond acceptors (Lipinski definition) is 27. The number of anilines is 3. The van der Waals surface area contributed by atoms with Crippen LogP contribution in [0, 0.1) is 6.92 Å². The first-order valence-corrected chi connectivity index (χ1v) is 27.4. The van der Waals surface area contributed by atoms with Gasteiger partial charge in [-0.3, -0.25) is 65.0 Å². The molecule has 13 N–H and O–H groups in total. The van der Waals surface area contributed by atoms with E-state index in [1.54, 1.807) is 0 Å². The van der Waals surface area contributed by atoms with Crippen LogP contribution in [0.1, 0.15) is 56.2 Å². The van der Waals surface area contributed by atoms with Gasteiger partial charge in [0.2, 0.25) is 5.95 Å². The lowest BCUT2D eigenvalue weighted by Gasteiger charge is -2.25. The standard InChI is InChI=1S/C38H50N13O23P3/c1-16-10-50(38(58)47-33(16)54)29-7-18(21(11-52)68-29)72-76(61,62)66-13-23-19(8-28(70-23)49-5-3-26(40)44-37(49)57)73-77(63,64)67-14-24-20(9-30(71-24)51-15-42-31-32(51)45-35(41)46-34(31)55)74-75(59,60)65-12-22-17(53)6-27(69-22)48-4-2-25(39)43-36(48)56/h2-5,10,15,17-24,27-30,52-53H,6-9,11-14H2,1H3,(H,59,60)(H,61,62)(H,63,64)(H2,39,43,56)(H2,40,44,57)(H,47,54,58)(H3,41,45,46,55)/t17-,18-,19-,20-,21+,22+,23+,24+,27+,28+,29+,30+/m0/s1. The summed E-state index contributed by atoms with van der Waals surface area (Å²) < 4.78 is 101. The predicted molar refractivity (Wildman–Crippen MR) is 254 cm³/mol. The van der Waals surface area contributed by atoms with E-state index < -0.39 is 158 Å². The van der Waals surface area contributed by atoms with E-state index in [-0.39, 0.29) is 53.6 Å². The normalized spacial score (nSPS) is 29.9. The topological polar surface area (TPSA) is 511 Å². The fourth-order valence-electron chi connectivity index (χ4n) is 8.80. The van der Waals surface area contributed by atoms with Crippen LogP contribution in [0.4, 0.5) is 17.6 Å². The van der Waals surface area contributed by atoms with Crippen molar-refractivity contribution in [2.75, 3.05) is 43.6 Å². The molecule has 9 rings (SSSR count). The maximum absolute atomic E-state index is 13.9. The number of aromatic amines is 2. The predicted octanol–water partition coefficient (Wildman–Crippen LogP) is -2.75. The van der Waals surface area contributed by atoms with Crippen molar-refractivity contribution in [3.05, 3.63) is 94.8 Å². The number of aryl methyl sites for hydroxylation is 1. The van der Waals surface area contributed by atoms with Gasteiger partial charge in [0.25, 0.3) is 11.1 Å². The molecule has 9 heterocycles. The molecule has 4 fully saturated rings. The number of imidazole rings is 1. The Morgan fingerprint density at radius 1 is 0.636 bits per heavy atom. The lowest BCUT2D eigenvalue weighted by molar-refractivity contribution is -0.0633. The smallest absolute Gasteiger partial charge is 0.394 e. The summed E-state index contributed by atoms with van der Waals surface area (Å²) in [6, 6.07) is 2.56. The Labute approximate surface area is 429 Å². The number of rotatable bonds is 20. The fourth-order valence-corrected chi connectivity index (χ4v) is 11.7. The number of nitrogens with zero attached hydrogens (tertiary/aromatic N) is 8. The quantitative estimate of drug-likeness (QED) is 0.0353. The van der Waals surface area contributed by atoms with Gasteiger partial charge in [-0.15, -0.1) is 0 Å². The summed E-state index contributed by atoms with van der Waals surface area (Å²) in [6.45, 7) is -2.00. The Bertz CT molecular complexity index is 3460. The molecule has 4 saturated heterocycles. The third-order valence-corrected chi connectivity index (χ3v) is 15.5. The maximum atomic E-state index is 13.9. The summed E-state index contributed by atoms with van der Waals surface area (Å²) in [5.41, 5.74) is 12.9. The average molecular weight is 1150 g/mol. The van der Waals surface area contributed by atoms with Crippen LogP contribution in [0.2, 0.25) is 0 Å². The van der Waals surface area contributed by atoms with E-state index in [1.807, 2.05) is 0 Å². The Morgan fingerprint density at radius 3 is 1.61 bits per heavy atom. The second-order valence-corrected chi connectivity index (χ2v) is 22.0. The van der Waals surface area contributed by atoms with Gasteiger partial charge in [-0.1, -0.05) is 0 Å². The van der Waals surface area contributed by atoms with E-state index in [0.717, 1.165) is 20.0 Å². The van der Waals surface area contributed by atoms with Crippen molar-refractivity contribution in [3.8, 4) is 0 Å². The minimum Gasteiger partial charge on any atom is -0.394 e. The minimum absolute atomic E-state index is 0.0638. The molecule has 5 aromatic rings. The number of ether oxygens (including phenoxy) is 4. The zero-order valence-electron chi connectivity index (χ0n) is 39.8. The molecule has 36 nitrogen and oxygen atoms in total. The molecule has 420 valence electrons. The molecular weight excluding hydrogens is 1100 g/mol. The molecule has 39 heteroatoms. The van der Waals surface area contributed by atoms with Gasteiger partial charge >= 0.3 is 40.5 Å². The number of aliphatic hydroxyl groups excluding tert-OH is 2. The first-order valence-electron chi connectivity index (χ1n) is 23.0. The highest BCUT2D eigenvalue weighted by Gasteiger charge is 2.48. The molecule has 4 aliphatic rings. The SMILES string of the molecule is Cc1cn([C@H]2C[C@H](OP(=O)(O)OC[C@H]3O[C@@H](n4ccc(N)nc4=O)C[C@@H]3OP(=O)(O)OC[C@H]3O[C@@H](n4cnc5c(=O)[nH]c(N)nc54)C[C@@H]3OP(=O)(O)OC[C@H]3O[C@@H](n4ccc(N)nc4=O)C[C@@H]3O)[C@@H](CO)O2)c(=O)[nH]c1=O. The monoisotopic (exact) mass is 1150 g/mol. The molecule has 0 saturated carbocycles. The highest BCUT2D eigenvalue weighted by atomic mass is 31.2. The van der Waals surface area contributed by atoms with Crippen molar-refractivity contribution in [2.24, 2.45) is 0 Å². The summed E-state index contributed by atoms with van der Waals surface area (Å²) in [5, 5.41) is 20.7. The van der Waals surface area contributed by atoms with Crippen LogP contribution in [0.25, 0.3) is 11.2 Å². The Balaban J connectivity index is 0.891. The van der Waals surface area contributed by atoms with E-state index >= 15 is 0 Å².